The Labute approximate surface area is 38.3 Å². The van der Waals surface area contributed by atoms with Crippen molar-refractivity contribution in [3.8, 4) is 0 Å². The predicted molar refractivity (Wildman–Crippen MR) is 26.3 cm³/mol. The third-order valence-corrected chi connectivity index (χ3v) is 1.08. The molecule has 6 heavy (non-hydrogen) atoms. The molecule has 34 valence electrons. The van der Waals surface area contributed by atoms with Gasteiger partial charge in [0, 0.05) is 13.8 Å². The second-order valence-electron chi connectivity index (χ2n) is 1.93. The summed E-state index contributed by atoms with van der Waals surface area (Å²) in [4.78, 5) is 0. The molecule has 1 heteroatoms. The zero-order chi connectivity index (χ0) is 4.57. The molecule has 1 aliphatic heterocycles. The van der Waals surface area contributed by atoms with Gasteiger partial charge in [0.2, 0.25) is 13.1 Å². The molecule has 1 nitrogen and oxygen atoms in total. The van der Waals surface area contributed by atoms with Crippen LogP contribution in [-0.2, 0) is 0 Å². The van der Waals surface area contributed by atoms with Crippen LogP contribution in [0.2, 0.25) is 0 Å². The highest BCUT2D eigenvalue weighted by Gasteiger charge is 2.21. The Bertz CT molecular complexity index is 82.1. The van der Waals surface area contributed by atoms with E-state index in [1.807, 2.05) is 0 Å². The highest BCUT2D eigenvalue weighted by molar-refractivity contribution is 5.74. The lowest BCUT2D eigenvalue weighted by Crippen LogP contribution is -1.89. The summed E-state index contributed by atoms with van der Waals surface area (Å²) in [5.74, 6) is 0. The largest absolute Gasteiger partial charge is 0.224 e. The van der Waals surface area contributed by atoms with Crippen molar-refractivity contribution in [1.82, 2.24) is 0 Å². The second-order valence-corrected chi connectivity index (χ2v) is 1.93. The van der Waals surface area contributed by atoms with E-state index in [0.717, 1.165) is 0 Å². The van der Waals surface area contributed by atoms with Crippen LogP contribution in [0.5, 0.6) is 0 Å². The molecule has 1 fully saturated rings. The fourth-order valence-corrected chi connectivity index (χ4v) is 0.497. The fourth-order valence-electron chi connectivity index (χ4n) is 0.497. The summed E-state index contributed by atoms with van der Waals surface area (Å²) >= 11 is 0. The summed E-state index contributed by atoms with van der Waals surface area (Å²) in [6.45, 7) is 6.88. The number of nitrogens with zero attached hydrogens (tertiary/aromatic N) is 1. The highest BCUT2D eigenvalue weighted by Crippen LogP contribution is 1.92. The second kappa shape index (κ2) is 1.07. The zero-order valence-corrected chi connectivity index (χ0v) is 4.36. The molecular formula is C5H10N+. The average molecular weight is 84.1 g/mol. The van der Waals surface area contributed by atoms with Crippen molar-refractivity contribution in [2.24, 2.45) is 0 Å². The van der Waals surface area contributed by atoms with Crippen LogP contribution in [0.25, 0.3) is 0 Å². The van der Waals surface area contributed by atoms with Gasteiger partial charge in [-0.15, -0.1) is 0 Å². The van der Waals surface area contributed by atoms with Crippen molar-refractivity contribution >= 4 is 5.71 Å². The van der Waals surface area contributed by atoms with Crippen LogP contribution in [0.1, 0.15) is 13.8 Å². The van der Waals surface area contributed by atoms with Gasteiger partial charge >= 0.3 is 0 Å². The van der Waals surface area contributed by atoms with Gasteiger partial charge in [-0.05, 0) is 0 Å². The van der Waals surface area contributed by atoms with E-state index in [-0.39, 0.29) is 0 Å². The van der Waals surface area contributed by atoms with Crippen LogP contribution in [0.4, 0.5) is 0 Å². The lowest BCUT2D eigenvalue weighted by atomic mass is 10.5. The van der Waals surface area contributed by atoms with Crippen LogP contribution in [0.15, 0.2) is 0 Å². The number of hydrogen-bond acceptors (Lipinski definition) is 0. The summed E-state index contributed by atoms with van der Waals surface area (Å²) < 4.78 is 2.33. The van der Waals surface area contributed by atoms with Crippen LogP contribution in [0, 0.1) is 0 Å². The van der Waals surface area contributed by atoms with Gasteiger partial charge in [-0.25, -0.2) is 4.58 Å². The summed E-state index contributed by atoms with van der Waals surface area (Å²) in [5.41, 5.74) is 1.45. The molecule has 1 aliphatic rings. The van der Waals surface area contributed by atoms with Crippen LogP contribution in [-0.4, -0.2) is 23.4 Å². The molecule has 0 aromatic carbocycles. The summed E-state index contributed by atoms with van der Waals surface area (Å²) in [5, 5.41) is 0. The Balaban J connectivity index is 2.61. The van der Waals surface area contributed by atoms with Crippen LogP contribution in [0.3, 0.4) is 0 Å². The van der Waals surface area contributed by atoms with Crippen molar-refractivity contribution < 1.29 is 4.58 Å². The molecule has 0 bridgehead atoms. The lowest BCUT2D eigenvalue weighted by molar-refractivity contribution is -0.336. The highest BCUT2D eigenvalue weighted by atomic mass is 15.1. The van der Waals surface area contributed by atoms with Crippen molar-refractivity contribution in [1.29, 1.82) is 0 Å². The first-order valence-electron chi connectivity index (χ1n) is 2.36. The Morgan fingerprint density at radius 1 is 1.33 bits per heavy atom. The molecule has 0 aromatic rings. The van der Waals surface area contributed by atoms with E-state index in [1.165, 1.54) is 18.8 Å². The van der Waals surface area contributed by atoms with Gasteiger partial charge in [0.25, 0.3) is 0 Å². The number of rotatable bonds is 0. The zero-order valence-electron chi connectivity index (χ0n) is 4.36. The molecule has 0 aromatic heterocycles. The molecule has 1 rings (SSSR count). The summed E-state index contributed by atoms with van der Waals surface area (Å²) in [6, 6.07) is 0. The average Bonchev–Trinajstić information content (AvgIpc) is 2.06. The van der Waals surface area contributed by atoms with Crippen molar-refractivity contribution in [3.63, 3.8) is 0 Å². The Morgan fingerprint density at radius 3 is 1.83 bits per heavy atom. The maximum Gasteiger partial charge on any atom is 0.201 e. The molecule has 0 N–H and O–H groups in total. The van der Waals surface area contributed by atoms with Gasteiger partial charge < -0.3 is 0 Å². The summed E-state index contributed by atoms with van der Waals surface area (Å²) in [6.07, 6.45) is 0. The minimum Gasteiger partial charge on any atom is -0.224 e. The minimum atomic E-state index is 1.29. The van der Waals surface area contributed by atoms with Crippen LogP contribution >= 0.6 is 0 Å². The SMILES string of the molecule is CC(C)=[N+]1CC1. The molecule has 1 heterocycles. The Kier molecular flexibility index (Phi) is 0.685. The van der Waals surface area contributed by atoms with E-state index in [2.05, 4.69) is 18.4 Å². The monoisotopic (exact) mass is 84.1 g/mol. The number of hydrogen-bond donors (Lipinski definition) is 0. The van der Waals surface area contributed by atoms with E-state index in [0.29, 0.717) is 0 Å². The molecule has 1 saturated heterocycles. The normalized spacial score (nSPS) is 18.0. The van der Waals surface area contributed by atoms with E-state index < -0.39 is 0 Å². The standard InChI is InChI=1S/C5H10N/c1-5(2)6-3-4-6/h3-4H2,1-2H3/q+1. The predicted octanol–water partition coefficient (Wildman–Crippen LogP) is 0.493. The molecule has 0 saturated carbocycles. The van der Waals surface area contributed by atoms with Crippen molar-refractivity contribution in [2.45, 2.75) is 13.8 Å². The molecular weight excluding hydrogens is 74.1 g/mol. The first-order chi connectivity index (χ1) is 2.80. The van der Waals surface area contributed by atoms with Gasteiger partial charge in [-0.3, -0.25) is 0 Å². The van der Waals surface area contributed by atoms with Gasteiger partial charge in [0.1, 0.15) is 5.71 Å². The quantitative estimate of drug-likeness (QED) is 0.297. The first-order valence-corrected chi connectivity index (χ1v) is 2.36. The van der Waals surface area contributed by atoms with E-state index in [9.17, 15) is 0 Å². The molecule has 0 atom stereocenters. The van der Waals surface area contributed by atoms with Gasteiger partial charge in [-0.1, -0.05) is 0 Å². The van der Waals surface area contributed by atoms with Crippen molar-refractivity contribution in [3.05, 3.63) is 0 Å². The van der Waals surface area contributed by atoms with E-state index in [1.54, 1.807) is 0 Å². The third-order valence-electron chi connectivity index (χ3n) is 1.08. The van der Waals surface area contributed by atoms with Crippen LogP contribution < -0.4 is 0 Å². The smallest absolute Gasteiger partial charge is 0.201 e. The fraction of sp³-hybridized carbons (Fsp3) is 0.800. The Hall–Kier alpha value is -0.330. The molecule has 0 radical (unpaired) electrons. The van der Waals surface area contributed by atoms with E-state index >= 15 is 0 Å². The summed E-state index contributed by atoms with van der Waals surface area (Å²) in [7, 11) is 0. The molecule has 0 amide bonds. The minimum absolute atomic E-state index is 1.29. The maximum atomic E-state index is 2.33. The molecule has 0 unspecified atom stereocenters. The maximum absolute atomic E-state index is 2.33. The lowest BCUT2D eigenvalue weighted by Gasteiger charge is -1.68. The molecule has 0 spiro atoms. The van der Waals surface area contributed by atoms with Gasteiger partial charge in [0.15, 0.2) is 0 Å². The first kappa shape index (κ1) is 3.85. The molecule has 0 aliphatic carbocycles. The van der Waals surface area contributed by atoms with Gasteiger partial charge in [0.05, 0.1) is 0 Å². The van der Waals surface area contributed by atoms with Gasteiger partial charge in [-0.2, -0.15) is 0 Å². The third kappa shape index (κ3) is 0.588. The van der Waals surface area contributed by atoms with Crippen molar-refractivity contribution in [2.75, 3.05) is 13.1 Å². The topological polar surface area (TPSA) is 3.01 Å². The Morgan fingerprint density at radius 2 is 1.83 bits per heavy atom. The van der Waals surface area contributed by atoms with E-state index in [4.69, 9.17) is 0 Å².